The van der Waals surface area contributed by atoms with Crippen molar-refractivity contribution in [3.63, 3.8) is 0 Å². The number of carbonyl (C=O) groups is 2. The van der Waals surface area contributed by atoms with Crippen LogP contribution in [0, 0.1) is 16.7 Å². The van der Waals surface area contributed by atoms with E-state index in [1.807, 2.05) is 13.0 Å². The van der Waals surface area contributed by atoms with E-state index in [-0.39, 0.29) is 24.8 Å². The summed E-state index contributed by atoms with van der Waals surface area (Å²) in [6.07, 6.45) is 5.31. The van der Waals surface area contributed by atoms with E-state index < -0.39 is 34.4 Å². The molecule has 7 nitrogen and oxygen atoms in total. The normalized spacial score (nSPS) is 49.8. The summed E-state index contributed by atoms with van der Waals surface area (Å²) in [5, 5.41) is 12.2. The van der Waals surface area contributed by atoms with Gasteiger partial charge < -0.3 is 23.7 Å². The third-order valence-electron chi connectivity index (χ3n) is 7.75. The monoisotopic (exact) mass is 372 g/mol. The lowest BCUT2D eigenvalue weighted by Crippen LogP contribution is -2.69. The molecular weight excluding hydrogens is 352 g/mol. The Morgan fingerprint density at radius 3 is 2.89 bits per heavy atom. The fraction of sp³-hybridized carbons (Fsp3) is 0.600. The highest BCUT2D eigenvalue weighted by Gasteiger charge is 2.79. The van der Waals surface area contributed by atoms with Gasteiger partial charge in [-0.2, -0.15) is 0 Å². The summed E-state index contributed by atoms with van der Waals surface area (Å²) in [6, 6.07) is 1.77. The Hall–Kier alpha value is -2.12. The highest BCUT2D eigenvalue weighted by Crippen LogP contribution is 2.70. The summed E-state index contributed by atoms with van der Waals surface area (Å²) in [5.74, 6) is -1.20. The lowest BCUT2D eigenvalue weighted by molar-refractivity contribution is -0.214. The molecule has 0 aromatic carbocycles. The van der Waals surface area contributed by atoms with E-state index in [2.05, 4.69) is 0 Å². The van der Waals surface area contributed by atoms with Crippen molar-refractivity contribution in [3.8, 4) is 0 Å². The molecule has 0 bridgehead atoms. The van der Waals surface area contributed by atoms with Crippen molar-refractivity contribution < 1.29 is 33.3 Å². The molecule has 0 radical (unpaired) electrons. The summed E-state index contributed by atoms with van der Waals surface area (Å²) >= 11 is 0. The van der Waals surface area contributed by atoms with E-state index in [0.717, 1.165) is 5.56 Å². The van der Waals surface area contributed by atoms with Crippen LogP contribution in [0.2, 0.25) is 0 Å². The average molecular weight is 372 g/mol. The van der Waals surface area contributed by atoms with E-state index >= 15 is 0 Å². The molecule has 1 saturated carbocycles. The lowest BCUT2D eigenvalue weighted by atomic mass is 9.44. The molecule has 1 aromatic heterocycles. The molecule has 1 N–H and O–H groups in total. The van der Waals surface area contributed by atoms with Gasteiger partial charge in [-0.3, -0.25) is 4.79 Å². The van der Waals surface area contributed by atoms with E-state index in [0.29, 0.717) is 24.8 Å². The minimum atomic E-state index is -1.29. The Kier molecular flexibility index (Phi) is 2.73. The number of fused-ring (bicyclic) bond motifs is 4. The average Bonchev–Trinajstić information content (AvgIpc) is 3.05. The largest absolute Gasteiger partial charge is 0.472 e. The Bertz CT molecular complexity index is 888. The van der Waals surface area contributed by atoms with Crippen LogP contribution in [0.5, 0.6) is 0 Å². The lowest BCUT2D eigenvalue weighted by Gasteiger charge is -2.61. The number of cyclic esters (lactones) is 2. The number of epoxide rings is 1. The summed E-state index contributed by atoms with van der Waals surface area (Å²) in [6.45, 7) is 2.07. The van der Waals surface area contributed by atoms with Crippen molar-refractivity contribution in [2.45, 2.75) is 50.1 Å². The molecule has 3 saturated heterocycles. The van der Waals surface area contributed by atoms with Gasteiger partial charge in [0.05, 0.1) is 41.7 Å². The minimum absolute atomic E-state index is 0.157. The van der Waals surface area contributed by atoms with Crippen molar-refractivity contribution in [1.29, 1.82) is 0 Å². The number of furan rings is 1. The molecule has 0 amide bonds. The Morgan fingerprint density at radius 2 is 2.11 bits per heavy atom. The van der Waals surface area contributed by atoms with Crippen LogP contribution in [-0.4, -0.2) is 41.5 Å². The van der Waals surface area contributed by atoms with E-state index in [1.54, 1.807) is 12.3 Å². The first kappa shape index (κ1) is 15.9. The molecule has 7 unspecified atom stereocenters. The van der Waals surface area contributed by atoms with Gasteiger partial charge in [0, 0.05) is 29.4 Å². The van der Waals surface area contributed by atoms with Crippen LogP contribution in [0.4, 0.5) is 0 Å². The maximum absolute atomic E-state index is 12.8. The number of ether oxygens (including phenoxy) is 3. The fourth-order valence-electron chi connectivity index (χ4n) is 6.24. The van der Waals surface area contributed by atoms with Crippen molar-refractivity contribution in [3.05, 3.63) is 35.8 Å². The molecule has 7 atom stereocenters. The summed E-state index contributed by atoms with van der Waals surface area (Å²) in [5.41, 5.74) is -1.67. The molecule has 1 aromatic rings. The summed E-state index contributed by atoms with van der Waals surface area (Å²) in [7, 11) is 0. The Morgan fingerprint density at radius 1 is 1.26 bits per heavy atom. The van der Waals surface area contributed by atoms with Crippen LogP contribution in [-0.2, 0) is 23.8 Å². The number of hydrogen-bond donors (Lipinski definition) is 1. The van der Waals surface area contributed by atoms with Gasteiger partial charge in [0.25, 0.3) is 0 Å². The molecule has 1 spiro atoms. The smallest absolute Gasteiger partial charge is 0.334 e. The van der Waals surface area contributed by atoms with Crippen LogP contribution >= 0.6 is 0 Å². The Labute approximate surface area is 155 Å². The number of carbonyl (C=O) groups excluding carboxylic acids is 2. The van der Waals surface area contributed by atoms with E-state index in [9.17, 15) is 14.7 Å². The minimum Gasteiger partial charge on any atom is -0.472 e. The third-order valence-corrected chi connectivity index (χ3v) is 7.75. The molecule has 4 heterocycles. The number of aliphatic hydroxyl groups is 1. The number of rotatable bonds is 1. The van der Waals surface area contributed by atoms with Gasteiger partial charge in [-0.15, -0.1) is 0 Å². The number of allylic oxidation sites excluding steroid dienone is 1. The standard InChI is InChI=1S/C20H20O7/c1-18-6-12(10-3-5-24-8-10)27-16(21)11(18)2-4-19-9-25-17(22)14(19)15-13(26-15)7-20(18,19)23/h2-3,5,8,12-15,23H,4,6-7,9H2,1H3. The quantitative estimate of drug-likeness (QED) is 0.591. The first-order valence-electron chi connectivity index (χ1n) is 9.38. The van der Waals surface area contributed by atoms with Gasteiger partial charge in [-0.05, 0) is 12.5 Å². The van der Waals surface area contributed by atoms with Gasteiger partial charge in [0.2, 0.25) is 0 Å². The second-order valence-electron chi connectivity index (χ2n) is 8.75. The number of hydrogen-bond acceptors (Lipinski definition) is 7. The van der Waals surface area contributed by atoms with Gasteiger partial charge in [0.1, 0.15) is 12.7 Å². The van der Waals surface area contributed by atoms with Gasteiger partial charge in [-0.25, -0.2) is 4.79 Å². The van der Waals surface area contributed by atoms with Crippen molar-refractivity contribution in [2.75, 3.05) is 6.61 Å². The highest BCUT2D eigenvalue weighted by atomic mass is 16.6. The van der Waals surface area contributed by atoms with Crippen LogP contribution in [0.1, 0.15) is 37.9 Å². The molecule has 6 rings (SSSR count). The third kappa shape index (κ3) is 1.66. The summed E-state index contributed by atoms with van der Waals surface area (Å²) in [4.78, 5) is 25.3. The molecule has 3 aliphatic heterocycles. The molecule has 5 aliphatic rings. The zero-order valence-electron chi connectivity index (χ0n) is 14.8. The Balaban J connectivity index is 1.51. The van der Waals surface area contributed by atoms with Crippen LogP contribution in [0.15, 0.2) is 34.7 Å². The molecule has 142 valence electrons. The highest BCUT2D eigenvalue weighted by molar-refractivity contribution is 5.92. The van der Waals surface area contributed by atoms with Gasteiger partial charge >= 0.3 is 11.9 Å². The molecule has 27 heavy (non-hydrogen) atoms. The fourth-order valence-corrected chi connectivity index (χ4v) is 6.24. The second-order valence-corrected chi connectivity index (χ2v) is 8.75. The van der Waals surface area contributed by atoms with Gasteiger partial charge in [-0.1, -0.05) is 13.0 Å². The van der Waals surface area contributed by atoms with E-state index in [1.165, 1.54) is 6.26 Å². The van der Waals surface area contributed by atoms with E-state index in [4.69, 9.17) is 18.6 Å². The molecular formula is C20H20O7. The zero-order chi connectivity index (χ0) is 18.6. The van der Waals surface area contributed by atoms with Crippen LogP contribution in [0.25, 0.3) is 0 Å². The molecule has 2 aliphatic carbocycles. The predicted octanol–water partition coefficient (Wildman–Crippen LogP) is 1.67. The topological polar surface area (TPSA) is 98.5 Å². The van der Waals surface area contributed by atoms with Gasteiger partial charge in [0.15, 0.2) is 0 Å². The summed E-state index contributed by atoms with van der Waals surface area (Å²) < 4.78 is 22.0. The first-order chi connectivity index (χ1) is 12.9. The predicted molar refractivity (Wildman–Crippen MR) is 88.1 cm³/mol. The van der Waals surface area contributed by atoms with Crippen LogP contribution < -0.4 is 0 Å². The van der Waals surface area contributed by atoms with Crippen LogP contribution in [0.3, 0.4) is 0 Å². The van der Waals surface area contributed by atoms with Crippen molar-refractivity contribution >= 4 is 11.9 Å². The van der Waals surface area contributed by atoms with Crippen molar-refractivity contribution in [2.24, 2.45) is 16.7 Å². The second kappa shape index (κ2) is 4.64. The van der Waals surface area contributed by atoms with Crippen molar-refractivity contribution in [1.82, 2.24) is 0 Å². The zero-order valence-corrected chi connectivity index (χ0v) is 14.8. The number of esters is 2. The maximum atomic E-state index is 12.8. The molecule has 7 heteroatoms. The SMILES string of the molecule is CC12CC(c3ccoc3)OC(=O)C1=CCC13COC(=O)C1C1OC1CC23O. The molecule has 4 fully saturated rings. The first-order valence-corrected chi connectivity index (χ1v) is 9.38. The maximum Gasteiger partial charge on any atom is 0.334 e.